The van der Waals surface area contributed by atoms with E-state index >= 15 is 0 Å². The van der Waals surface area contributed by atoms with E-state index in [1.165, 1.54) is 30.8 Å². The second-order valence-electron chi connectivity index (χ2n) is 5.49. The van der Waals surface area contributed by atoms with Crippen molar-refractivity contribution in [3.05, 3.63) is 0 Å². The minimum atomic E-state index is 0.172. The van der Waals surface area contributed by atoms with Gasteiger partial charge >= 0.3 is 0 Å². The largest absolute Gasteiger partial charge is 0.393 e. The molecule has 0 aromatic rings. The third-order valence-electron chi connectivity index (χ3n) is 4.21. The lowest BCUT2D eigenvalue weighted by Gasteiger charge is -2.45. The Hall–Kier alpha value is 0.160. The molecule has 2 aliphatic rings. The van der Waals surface area contributed by atoms with E-state index in [4.69, 9.17) is 22.7 Å². The molecule has 0 aromatic carbocycles. The highest BCUT2D eigenvalue weighted by Crippen LogP contribution is 2.38. The van der Waals surface area contributed by atoms with Gasteiger partial charge in [0.2, 0.25) is 0 Å². The average molecular weight is 288 g/mol. The molecule has 0 bridgehead atoms. The van der Waals surface area contributed by atoms with Crippen LogP contribution in [0.2, 0.25) is 0 Å². The molecule has 104 valence electrons. The van der Waals surface area contributed by atoms with Crippen LogP contribution in [0.1, 0.15) is 32.1 Å². The number of hydrogen-bond acceptors (Lipinski definition) is 4. The lowest BCUT2D eigenvalue weighted by Crippen LogP contribution is -2.49. The maximum atomic E-state index is 6.12. The first-order valence-electron chi connectivity index (χ1n) is 6.82. The molecule has 18 heavy (non-hydrogen) atoms. The van der Waals surface area contributed by atoms with Gasteiger partial charge in [0, 0.05) is 25.6 Å². The molecule has 5 heteroatoms. The molecule has 2 saturated heterocycles. The van der Waals surface area contributed by atoms with E-state index in [-0.39, 0.29) is 5.60 Å². The van der Waals surface area contributed by atoms with Crippen LogP contribution in [0.15, 0.2) is 0 Å². The van der Waals surface area contributed by atoms with Gasteiger partial charge in [-0.05, 0) is 44.2 Å². The molecule has 2 rings (SSSR count). The smallest absolute Gasteiger partial charge is 0.0740 e. The molecule has 2 aliphatic heterocycles. The Labute approximate surface area is 120 Å². The van der Waals surface area contributed by atoms with Gasteiger partial charge in [-0.25, -0.2) is 0 Å². The van der Waals surface area contributed by atoms with Crippen molar-refractivity contribution in [3.63, 3.8) is 0 Å². The van der Waals surface area contributed by atoms with Crippen molar-refractivity contribution in [2.75, 3.05) is 31.7 Å². The standard InChI is InChI=1S/C13H24N2OS2/c1-15(6-2-12(14)17)11-3-7-16-13(10-11)4-8-18-9-5-13/h11H,2-10H2,1H3,(H2,14,17). The fourth-order valence-electron chi connectivity index (χ4n) is 2.94. The van der Waals surface area contributed by atoms with Gasteiger partial charge in [0.1, 0.15) is 0 Å². The van der Waals surface area contributed by atoms with Gasteiger partial charge in [-0.3, -0.25) is 0 Å². The first-order chi connectivity index (χ1) is 8.61. The molecular formula is C13H24N2OS2. The Kier molecular flexibility index (Phi) is 5.30. The second kappa shape index (κ2) is 6.55. The lowest BCUT2D eigenvalue weighted by atomic mass is 9.85. The number of nitrogens with zero attached hydrogens (tertiary/aromatic N) is 1. The van der Waals surface area contributed by atoms with E-state index < -0.39 is 0 Å². The summed E-state index contributed by atoms with van der Waals surface area (Å²) >= 11 is 7.02. The predicted molar refractivity (Wildman–Crippen MR) is 82.3 cm³/mol. The fourth-order valence-corrected chi connectivity index (χ4v) is 4.27. The normalized spacial score (nSPS) is 27.6. The van der Waals surface area contributed by atoms with Crippen molar-refractivity contribution in [2.24, 2.45) is 5.73 Å². The molecule has 2 fully saturated rings. The number of rotatable bonds is 4. The summed E-state index contributed by atoms with van der Waals surface area (Å²) in [6.07, 6.45) is 5.59. The van der Waals surface area contributed by atoms with Crippen molar-refractivity contribution in [2.45, 2.75) is 43.7 Å². The highest BCUT2D eigenvalue weighted by Gasteiger charge is 2.39. The SMILES string of the molecule is CN(CCC(N)=S)C1CCOC2(CCSCC2)C1. The first kappa shape index (κ1) is 14.6. The van der Waals surface area contributed by atoms with Crippen molar-refractivity contribution in [3.8, 4) is 0 Å². The summed E-state index contributed by atoms with van der Waals surface area (Å²) < 4.78 is 6.12. The van der Waals surface area contributed by atoms with Gasteiger partial charge < -0.3 is 15.4 Å². The van der Waals surface area contributed by atoms with Crippen LogP contribution in [0.4, 0.5) is 0 Å². The molecule has 0 amide bonds. The van der Waals surface area contributed by atoms with E-state index in [0.717, 1.165) is 26.0 Å². The Bertz CT molecular complexity index is 287. The van der Waals surface area contributed by atoms with E-state index in [1.54, 1.807) is 0 Å². The van der Waals surface area contributed by atoms with Gasteiger partial charge in [0.25, 0.3) is 0 Å². The Morgan fingerprint density at radius 1 is 1.50 bits per heavy atom. The molecular weight excluding hydrogens is 264 g/mol. The molecule has 0 aromatic heterocycles. The quantitative estimate of drug-likeness (QED) is 0.802. The van der Waals surface area contributed by atoms with E-state index in [2.05, 4.69) is 23.7 Å². The van der Waals surface area contributed by atoms with Crippen molar-refractivity contribution in [1.82, 2.24) is 4.90 Å². The Morgan fingerprint density at radius 3 is 2.89 bits per heavy atom. The van der Waals surface area contributed by atoms with Crippen molar-refractivity contribution in [1.29, 1.82) is 0 Å². The first-order valence-corrected chi connectivity index (χ1v) is 8.38. The summed E-state index contributed by atoms with van der Waals surface area (Å²) in [6, 6.07) is 0.635. The van der Waals surface area contributed by atoms with Crippen LogP contribution in [0.5, 0.6) is 0 Å². The monoisotopic (exact) mass is 288 g/mol. The van der Waals surface area contributed by atoms with E-state index in [0.29, 0.717) is 11.0 Å². The van der Waals surface area contributed by atoms with Crippen molar-refractivity contribution < 1.29 is 4.74 Å². The summed E-state index contributed by atoms with van der Waals surface area (Å²) in [5.41, 5.74) is 5.76. The van der Waals surface area contributed by atoms with Crippen LogP contribution in [0, 0.1) is 0 Å². The van der Waals surface area contributed by atoms with Gasteiger partial charge in [0.15, 0.2) is 0 Å². The Balaban J connectivity index is 1.87. The zero-order valence-corrected chi connectivity index (χ0v) is 12.8. The minimum absolute atomic E-state index is 0.172. The maximum Gasteiger partial charge on any atom is 0.0740 e. The highest BCUT2D eigenvalue weighted by molar-refractivity contribution is 7.99. The Morgan fingerprint density at radius 2 is 2.22 bits per heavy atom. The number of ether oxygens (including phenoxy) is 1. The molecule has 0 radical (unpaired) electrons. The predicted octanol–water partition coefficient (Wildman–Crippen LogP) is 2.04. The summed E-state index contributed by atoms with van der Waals surface area (Å²) in [7, 11) is 2.19. The third-order valence-corrected chi connectivity index (χ3v) is 5.39. The van der Waals surface area contributed by atoms with Crippen LogP contribution < -0.4 is 5.73 Å². The van der Waals surface area contributed by atoms with Crippen LogP contribution in [0.3, 0.4) is 0 Å². The van der Waals surface area contributed by atoms with E-state index in [9.17, 15) is 0 Å². The van der Waals surface area contributed by atoms with Crippen LogP contribution in [0.25, 0.3) is 0 Å². The molecule has 1 unspecified atom stereocenters. The van der Waals surface area contributed by atoms with Crippen LogP contribution in [-0.4, -0.2) is 53.2 Å². The van der Waals surface area contributed by atoms with Gasteiger partial charge in [-0.15, -0.1) is 0 Å². The zero-order valence-electron chi connectivity index (χ0n) is 11.2. The number of thioether (sulfide) groups is 1. The minimum Gasteiger partial charge on any atom is -0.393 e. The molecule has 2 N–H and O–H groups in total. The number of nitrogens with two attached hydrogens (primary N) is 1. The highest BCUT2D eigenvalue weighted by atomic mass is 32.2. The average Bonchev–Trinajstić information content (AvgIpc) is 2.37. The van der Waals surface area contributed by atoms with Crippen LogP contribution in [-0.2, 0) is 4.74 Å². The summed E-state index contributed by atoms with van der Waals surface area (Å²) in [6.45, 7) is 1.89. The lowest BCUT2D eigenvalue weighted by molar-refractivity contribution is -0.107. The van der Waals surface area contributed by atoms with Crippen LogP contribution >= 0.6 is 24.0 Å². The van der Waals surface area contributed by atoms with Gasteiger partial charge in [-0.1, -0.05) is 12.2 Å². The molecule has 1 atom stereocenters. The van der Waals surface area contributed by atoms with Crippen molar-refractivity contribution >= 4 is 29.0 Å². The summed E-state index contributed by atoms with van der Waals surface area (Å²) in [4.78, 5) is 3.04. The molecule has 3 nitrogen and oxygen atoms in total. The zero-order chi connectivity index (χ0) is 13.0. The number of thiocarbonyl (C=S) groups is 1. The topological polar surface area (TPSA) is 38.5 Å². The van der Waals surface area contributed by atoms with Gasteiger partial charge in [0.05, 0.1) is 10.6 Å². The molecule has 1 spiro atoms. The fraction of sp³-hybridized carbons (Fsp3) is 0.923. The third kappa shape index (κ3) is 3.83. The molecule has 0 aliphatic carbocycles. The van der Waals surface area contributed by atoms with E-state index in [1.807, 2.05) is 0 Å². The number of hydrogen-bond donors (Lipinski definition) is 1. The summed E-state index contributed by atoms with van der Waals surface area (Å²) in [5.74, 6) is 2.51. The molecule has 0 saturated carbocycles. The maximum absolute atomic E-state index is 6.12. The molecule has 2 heterocycles. The summed E-state index contributed by atoms with van der Waals surface area (Å²) in [5, 5.41) is 0. The van der Waals surface area contributed by atoms with Gasteiger partial charge in [-0.2, -0.15) is 11.8 Å². The second-order valence-corrected chi connectivity index (χ2v) is 7.24.